The molecule has 182 valence electrons. The Bertz CT molecular complexity index is 616. The Morgan fingerprint density at radius 2 is 1.31 bits per heavy atom. The SMILES string of the molecule is CCC(CCCCCCCCCCCCCCC(=O)O)(OCc1ccccc1)OC(C)=O. The van der Waals surface area contributed by atoms with Gasteiger partial charge in [0.2, 0.25) is 5.79 Å². The van der Waals surface area contributed by atoms with Gasteiger partial charge in [0.1, 0.15) is 0 Å². The van der Waals surface area contributed by atoms with E-state index in [-0.39, 0.29) is 5.97 Å². The van der Waals surface area contributed by atoms with Crippen molar-refractivity contribution in [3.8, 4) is 0 Å². The van der Waals surface area contributed by atoms with Crippen molar-refractivity contribution in [1.82, 2.24) is 0 Å². The smallest absolute Gasteiger partial charge is 0.305 e. The molecule has 0 radical (unpaired) electrons. The van der Waals surface area contributed by atoms with Gasteiger partial charge in [-0.15, -0.1) is 0 Å². The van der Waals surface area contributed by atoms with Crippen LogP contribution in [0.3, 0.4) is 0 Å². The second-order valence-corrected chi connectivity index (χ2v) is 8.77. The van der Waals surface area contributed by atoms with Gasteiger partial charge >= 0.3 is 11.9 Å². The van der Waals surface area contributed by atoms with Crippen molar-refractivity contribution in [2.45, 2.75) is 123 Å². The molecule has 1 rings (SSSR count). The fourth-order valence-corrected chi connectivity index (χ4v) is 3.99. The van der Waals surface area contributed by atoms with Crippen LogP contribution in [0.2, 0.25) is 0 Å². The maximum Gasteiger partial charge on any atom is 0.305 e. The minimum Gasteiger partial charge on any atom is -0.481 e. The largest absolute Gasteiger partial charge is 0.481 e. The van der Waals surface area contributed by atoms with Crippen LogP contribution in [0.5, 0.6) is 0 Å². The molecule has 0 aliphatic heterocycles. The van der Waals surface area contributed by atoms with E-state index in [0.29, 0.717) is 19.4 Å². The fourth-order valence-electron chi connectivity index (χ4n) is 3.99. The number of rotatable bonds is 20. The quantitative estimate of drug-likeness (QED) is 0.128. The number of aliphatic carboxylic acids is 1. The van der Waals surface area contributed by atoms with Gasteiger partial charge in [0.15, 0.2) is 0 Å². The summed E-state index contributed by atoms with van der Waals surface area (Å²) in [6, 6.07) is 10.00. The molecule has 1 atom stereocenters. The first-order chi connectivity index (χ1) is 15.5. The molecular weight excluding hydrogens is 404 g/mol. The summed E-state index contributed by atoms with van der Waals surface area (Å²) in [7, 11) is 0. The van der Waals surface area contributed by atoms with Crippen molar-refractivity contribution in [1.29, 1.82) is 0 Å². The number of ether oxygens (including phenoxy) is 2. The molecule has 0 saturated heterocycles. The lowest BCUT2D eigenvalue weighted by Crippen LogP contribution is -2.37. The number of hydrogen-bond acceptors (Lipinski definition) is 4. The second-order valence-electron chi connectivity index (χ2n) is 8.77. The number of carboxylic acids is 1. The first-order valence-electron chi connectivity index (χ1n) is 12.6. The molecule has 1 N–H and O–H groups in total. The van der Waals surface area contributed by atoms with Crippen molar-refractivity contribution >= 4 is 11.9 Å². The van der Waals surface area contributed by atoms with Crippen molar-refractivity contribution in [2.75, 3.05) is 0 Å². The number of carbonyl (C=O) groups is 2. The van der Waals surface area contributed by atoms with E-state index in [1.807, 2.05) is 37.3 Å². The third-order valence-electron chi connectivity index (χ3n) is 5.91. The van der Waals surface area contributed by atoms with Gasteiger partial charge in [-0.3, -0.25) is 9.59 Å². The van der Waals surface area contributed by atoms with Crippen LogP contribution in [-0.4, -0.2) is 22.8 Å². The molecule has 32 heavy (non-hydrogen) atoms. The zero-order valence-corrected chi connectivity index (χ0v) is 20.3. The molecule has 0 amide bonds. The molecule has 5 heteroatoms. The van der Waals surface area contributed by atoms with Crippen LogP contribution in [0.4, 0.5) is 0 Å². The number of benzene rings is 1. The third-order valence-corrected chi connectivity index (χ3v) is 5.91. The van der Waals surface area contributed by atoms with E-state index in [9.17, 15) is 9.59 Å². The van der Waals surface area contributed by atoms with E-state index in [0.717, 1.165) is 44.1 Å². The molecular formula is C27H44O5. The van der Waals surface area contributed by atoms with E-state index in [4.69, 9.17) is 14.6 Å². The Balaban J connectivity index is 2.12. The number of unbranched alkanes of at least 4 members (excludes halogenated alkanes) is 11. The molecule has 0 heterocycles. The molecule has 0 saturated carbocycles. The van der Waals surface area contributed by atoms with Gasteiger partial charge < -0.3 is 14.6 Å². The maximum absolute atomic E-state index is 11.7. The fraction of sp³-hybridized carbons (Fsp3) is 0.704. The van der Waals surface area contributed by atoms with E-state index in [2.05, 4.69) is 0 Å². The molecule has 1 aromatic rings. The minimum absolute atomic E-state index is 0.290. The average Bonchev–Trinajstić information content (AvgIpc) is 2.77. The average molecular weight is 449 g/mol. The van der Waals surface area contributed by atoms with Crippen molar-refractivity contribution in [2.24, 2.45) is 0 Å². The van der Waals surface area contributed by atoms with Crippen molar-refractivity contribution in [3.05, 3.63) is 35.9 Å². The van der Waals surface area contributed by atoms with Crippen LogP contribution in [0.15, 0.2) is 30.3 Å². The Morgan fingerprint density at radius 3 is 1.78 bits per heavy atom. The first kappa shape index (κ1) is 28.2. The second kappa shape index (κ2) is 17.6. The Hall–Kier alpha value is -1.88. The first-order valence-corrected chi connectivity index (χ1v) is 12.6. The third kappa shape index (κ3) is 14.2. The Morgan fingerprint density at radius 1 is 0.812 bits per heavy atom. The summed E-state index contributed by atoms with van der Waals surface area (Å²) >= 11 is 0. The van der Waals surface area contributed by atoms with E-state index >= 15 is 0 Å². The summed E-state index contributed by atoms with van der Waals surface area (Å²) in [6.45, 7) is 3.91. The Labute approximate surface area is 194 Å². The summed E-state index contributed by atoms with van der Waals surface area (Å²) in [4.78, 5) is 22.1. The van der Waals surface area contributed by atoms with E-state index in [1.165, 1.54) is 51.9 Å². The van der Waals surface area contributed by atoms with Gasteiger partial charge in [-0.1, -0.05) is 101 Å². The van der Waals surface area contributed by atoms with Crippen LogP contribution in [0.1, 0.15) is 116 Å². The number of esters is 1. The lowest BCUT2D eigenvalue weighted by atomic mass is 10.0. The molecule has 5 nitrogen and oxygen atoms in total. The van der Waals surface area contributed by atoms with E-state index < -0.39 is 11.8 Å². The van der Waals surface area contributed by atoms with Crippen molar-refractivity contribution < 1.29 is 24.2 Å². The van der Waals surface area contributed by atoms with E-state index in [1.54, 1.807) is 0 Å². The summed E-state index contributed by atoms with van der Waals surface area (Å²) in [5, 5.41) is 8.62. The molecule has 1 unspecified atom stereocenters. The lowest BCUT2D eigenvalue weighted by Gasteiger charge is -2.32. The van der Waals surface area contributed by atoms with Gasteiger partial charge in [-0.25, -0.2) is 0 Å². The highest BCUT2D eigenvalue weighted by Gasteiger charge is 2.32. The van der Waals surface area contributed by atoms with Gasteiger partial charge in [0.25, 0.3) is 0 Å². The van der Waals surface area contributed by atoms with Crippen molar-refractivity contribution in [3.63, 3.8) is 0 Å². The summed E-state index contributed by atoms with van der Waals surface area (Å²) in [5.41, 5.74) is 1.08. The van der Waals surface area contributed by atoms with Gasteiger partial charge in [0, 0.05) is 26.2 Å². The standard InChI is InChI=1S/C27H44O5/c1-3-27(32-24(2)28,31-23-25-19-15-14-16-20-25)22-18-13-11-9-7-5-4-6-8-10-12-17-21-26(29)30/h14-16,19-20H,3-13,17-18,21-23H2,1-2H3,(H,29,30). The van der Waals surface area contributed by atoms with Crippen LogP contribution in [0.25, 0.3) is 0 Å². The summed E-state index contributed by atoms with van der Waals surface area (Å²) < 4.78 is 11.8. The van der Waals surface area contributed by atoms with Crippen LogP contribution in [0, 0.1) is 0 Å². The van der Waals surface area contributed by atoms with Gasteiger partial charge in [-0.2, -0.15) is 0 Å². The highest BCUT2D eigenvalue weighted by molar-refractivity contribution is 5.66. The molecule has 0 aliphatic carbocycles. The molecule has 0 bridgehead atoms. The maximum atomic E-state index is 11.7. The molecule has 0 fully saturated rings. The summed E-state index contributed by atoms with van der Waals surface area (Å²) in [6.07, 6.45) is 15.6. The molecule has 0 aromatic heterocycles. The predicted octanol–water partition coefficient (Wildman–Crippen LogP) is 7.42. The van der Waals surface area contributed by atoms with Gasteiger partial charge in [0.05, 0.1) is 6.61 Å². The van der Waals surface area contributed by atoms with Crippen LogP contribution < -0.4 is 0 Å². The van der Waals surface area contributed by atoms with Gasteiger partial charge in [-0.05, 0) is 18.4 Å². The number of carbonyl (C=O) groups excluding carboxylic acids is 1. The number of hydrogen-bond donors (Lipinski definition) is 1. The monoisotopic (exact) mass is 448 g/mol. The topological polar surface area (TPSA) is 72.8 Å². The Kier molecular flexibility index (Phi) is 15.5. The number of carboxylic acid groups (broad SMARTS) is 1. The highest BCUT2D eigenvalue weighted by atomic mass is 16.7. The normalized spacial score (nSPS) is 12.9. The zero-order chi connectivity index (χ0) is 23.5. The summed E-state index contributed by atoms with van der Waals surface area (Å²) in [5.74, 6) is -1.80. The minimum atomic E-state index is -0.827. The predicted molar refractivity (Wildman–Crippen MR) is 128 cm³/mol. The molecule has 0 spiro atoms. The molecule has 1 aromatic carbocycles. The molecule has 0 aliphatic rings. The van der Waals surface area contributed by atoms with Crippen LogP contribution in [-0.2, 0) is 25.7 Å². The highest BCUT2D eigenvalue weighted by Crippen LogP contribution is 2.27. The van der Waals surface area contributed by atoms with Crippen LogP contribution >= 0.6 is 0 Å². The lowest BCUT2D eigenvalue weighted by molar-refractivity contribution is -0.240. The zero-order valence-electron chi connectivity index (χ0n) is 20.3.